The van der Waals surface area contributed by atoms with Crippen LogP contribution in [0.25, 0.3) is 11.2 Å². The number of ether oxygens (including phenoxy) is 1. The molecule has 2 amide bonds. The predicted octanol–water partition coefficient (Wildman–Crippen LogP) is 0.248. The minimum absolute atomic E-state index is 0.0294. The summed E-state index contributed by atoms with van der Waals surface area (Å²) in [6.45, 7) is 2.50. The van der Waals surface area contributed by atoms with Crippen molar-refractivity contribution >= 4 is 69.1 Å². The lowest BCUT2D eigenvalue weighted by Crippen LogP contribution is -2.46. The first kappa shape index (κ1) is 48.5. The number of hydrogen-bond donors (Lipinski definition) is 9. The molecule has 24 nitrogen and oxygen atoms in total. The lowest BCUT2D eigenvalue weighted by molar-refractivity contribution is -0.137. The fourth-order valence-electron chi connectivity index (χ4n) is 4.91. The fourth-order valence-corrected chi connectivity index (χ4v) is 8.27. The van der Waals surface area contributed by atoms with E-state index in [1.165, 1.54) is 13.8 Å². The van der Waals surface area contributed by atoms with Crippen LogP contribution in [0.1, 0.15) is 59.1 Å². The summed E-state index contributed by atoms with van der Waals surface area (Å²) in [5.74, 6) is 4.15. The molecule has 2 aromatic heterocycles. The summed E-state index contributed by atoms with van der Waals surface area (Å²) in [5, 5.41) is 26.0. The Morgan fingerprint density at radius 1 is 1.07 bits per heavy atom. The van der Waals surface area contributed by atoms with Gasteiger partial charge in [-0.05, 0) is 12.3 Å². The third-order valence-electron chi connectivity index (χ3n) is 7.83. The molecule has 0 radical (unpaired) electrons. The Morgan fingerprint density at radius 2 is 1.77 bits per heavy atom. The Bertz CT molecular complexity index is 1920. The summed E-state index contributed by atoms with van der Waals surface area (Å²) in [6.07, 6.45) is -3.29. The molecule has 3 heterocycles. The summed E-state index contributed by atoms with van der Waals surface area (Å²) >= 11 is 0.960. The van der Waals surface area contributed by atoms with E-state index in [2.05, 4.69) is 53.2 Å². The number of aliphatic hydroxyl groups is 2. The van der Waals surface area contributed by atoms with E-state index in [0.717, 1.165) is 48.2 Å². The Balaban J connectivity index is 1.46. The van der Waals surface area contributed by atoms with Gasteiger partial charge in [0.15, 0.2) is 17.7 Å². The first-order valence-electron chi connectivity index (χ1n) is 17.1. The average Bonchev–Trinajstić information content (AvgIpc) is 3.68. The van der Waals surface area contributed by atoms with Crippen LogP contribution in [0.2, 0.25) is 0 Å². The van der Waals surface area contributed by atoms with Crippen molar-refractivity contribution in [3.8, 4) is 11.8 Å². The van der Waals surface area contributed by atoms with Crippen molar-refractivity contribution in [3.63, 3.8) is 0 Å². The summed E-state index contributed by atoms with van der Waals surface area (Å²) in [4.78, 5) is 87.4. The number of rotatable bonds is 22. The van der Waals surface area contributed by atoms with Gasteiger partial charge in [0, 0.05) is 37.1 Å². The second kappa shape index (κ2) is 21.4. The van der Waals surface area contributed by atoms with Crippen molar-refractivity contribution in [2.24, 2.45) is 5.41 Å². The number of anilines is 1. The van der Waals surface area contributed by atoms with Gasteiger partial charge in [0.25, 0.3) is 5.12 Å². The average molecular weight is 890 g/mol. The summed E-state index contributed by atoms with van der Waals surface area (Å²) < 4.78 is 62.1. The highest BCUT2D eigenvalue weighted by molar-refractivity contribution is 8.14. The van der Waals surface area contributed by atoms with Crippen molar-refractivity contribution in [3.05, 3.63) is 12.7 Å². The number of nitrogens with one attached hydrogen (secondary N) is 2. The molecule has 1 fully saturated rings. The number of phosphoric ester groups is 3. The molecule has 2 aromatic rings. The molecule has 28 heteroatoms. The number of nitrogens with zero attached hydrogens (tertiary/aromatic N) is 4. The number of nitrogen functional groups attached to an aromatic ring is 1. The number of phosphoric acid groups is 3. The molecule has 3 unspecified atom stereocenters. The van der Waals surface area contributed by atoms with Gasteiger partial charge in [-0.3, -0.25) is 32.5 Å². The third-order valence-corrected chi connectivity index (χ3v) is 11.7. The monoisotopic (exact) mass is 889 g/mol. The third kappa shape index (κ3) is 15.7. The Hall–Kier alpha value is -2.88. The van der Waals surface area contributed by atoms with E-state index in [4.69, 9.17) is 19.5 Å². The van der Waals surface area contributed by atoms with Crippen LogP contribution in [0.5, 0.6) is 0 Å². The number of aliphatic hydroxyl groups excluding tert-OH is 2. The molecule has 0 saturated carbocycles. The van der Waals surface area contributed by atoms with Gasteiger partial charge >= 0.3 is 23.5 Å². The van der Waals surface area contributed by atoms with Gasteiger partial charge in [-0.1, -0.05) is 51.3 Å². The van der Waals surface area contributed by atoms with E-state index in [1.54, 1.807) is 0 Å². The molecule has 320 valence electrons. The zero-order valence-electron chi connectivity index (χ0n) is 30.9. The molecule has 10 N–H and O–H groups in total. The van der Waals surface area contributed by atoms with Gasteiger partial charge in [0.2, 0.25) is 11.8 Å². The van der Waals surface area contributed by atoms with Crippen LogP contribution in [-0.2, 0) is 50.7 Å². The number of imidazole rings is 1. The Morgan fingerprint density at radius 3 is 2.46 bits per heavy atom. The van der Waals surface area contributed by atoms with Gasteiger partial charge in [0.1, 0.15) is 36.3 Å². The van der Waals surface area contributed by atoms with Crippen molar-refractivity contribution in [2.45, 2.75) is 83.5 Å². The Labute approximate surface area is 330 Å². The van der Waals surface area contributed by atoms with Crippen LogP contribution in [0, 0.1) is 17.3 Å². The molecule has 57 heavy (non-hydrogen) atoms. The van der Waals surface area contributed by atoms with E-state index in [9.17, 15) is 57.9 Å². The van der Waals surface area contributed by atoms with Crippen LogP contribution in [0.3, 0.4) is 0 Å². The van der Waals surface area contributed by atoms with E-state index < -0.39 is 84.6 Å². The number of fused-ring (bicyclic) bond motifs is 1. The highest BCUT2D eigenvalue weighted by Crippen LogP contribution is 2.61. The SMILES string of the molecule is CCCCCC#CC(=O)SCCNC(=O)CCNC(=O)C(O)C(C)(C)COP(=O)(O)OP(=O)(O)OC[C@H]1O[C@@H](n2cnc3c(N)ncnc32)[C@H](O)[C@@H]1OP(=O)(O)O. The zero-order chi connectivity index (χ0) is 42.6. The maximum atomic E-state index is 12.7. The molecule has 0 spiro atoms. The van der Waals surface area contributed by atoms with Crippen molar-refractivity contribution in [2.75, 3.05) is 37.8 Å². The number of unbranched alkanes of at least 4 members (excludes halogenated alkanes) is 3. The van der Waals surface area contributed by atoms with Crippen molar-refractivity contribution in [1.29, 1.82) is 0 Å². The fraction of sp³-hybridized carbons (Fsp3) is 0.655. The molecule has 0 aromatic carbocycles. The smallest absolute Gasteiger partial charge is 0.386 e. The van der Waals surface area contributed by atoms with Crippen LogP contribution < -0.4 is 16.4 Å². The summed E-state index contributed by atoms with van der Waals surface area (Å²) in [5.41, 5.74) is 4.26. The lowest BCUT2D eigenvalue weighted by atomic mass is 9.87. The molecular formula is C29H46N7O17P3S. The highest BCUT2D eigenvalue weighted by Gasteiger charge is 2.50. The maximum absolute atomic E-state index is 12.7. The van der Waals surface area contributed by atoms with Crippen molar-refractivity contribution in [1.82, 2.24) is 30.2 Å². The molecular weight excluding hydrogens is 843 g/mol. The number of carbonyl (C=O) groups is 3. The van der Waals surface area contributed by atoms with Crippen LogP contribution in [0.4, 0.5) is 5.82 Å². The largest absolute Gasteiger partial charge is 0.481 e. The lowest BCUT2D eigenvalue weighted by Gasteiger charge is -2.30. The minimum atomic E-state index is -5.57. The number of amides is 2. The quantitative estimate of drug-likeness (QED) is 0.0434. The first-order valence-corrected chi connectivity index (χ1v) is 22.6. The van der Waals surface area contributed by atoms with Crippen LogP contribution in [0.15, 0.2) is 12.7 Å². The van der Waals surface area contributed by atoms with Gasteiger partial charge in [-0.2, -0.15) is 4.31 Å². The number of carbonyl (C=O) groups excluding carboxylic acids is 3. The second-order valence-corrected chi connectivity index (χ2v) is 18.3. The Kier molecular flexibility index (Phi) is 18.2. The number of thioether (sulfide) groups is 1. The molecule has 0 bridgehead atoms. The normalized spacial score (nSPS) is 21.2. The van der Waals surface area contributed by atoms with Gasteiger partial charge in [-0.25, -0.2) is 28.6 Å². The first-order chi connectivity index (χ1) is 26.6. The summed E-state index contributed by atoms with van der Waals surface area (Å²) in [6, 6.07) is 0. The van der Waals surface area contributed by atoms with Crippen LogP contribution in [-0.4, -0.2) is 123 Å². The summed E-state index contributed by atoms with van der Waals surface area (Å²) in [7, 11) is -16.4. The van der Waals surface area contributed by atoms with Gasteiger partial charge in [-0.15, -0.1) is 0 Å². The van der Waals surface area contributed by atoms with Crippen molar-refractivity contribution < 1.29 is 80.5 Å². The molecule has 7 atom stereocenters. The molecule has 0 aliphatic carbocycles. The van der Waals surface area contributed by atoms with E-state index in [1.807, 2.05) is 0 Å². The van der Waals surface area contributed by atoms with Gasteiger partial charge < -0.3 is 50.9 Å². The maximum Gasteiger partial charge on any atom is 0.481 e. The molecule has 1 aliphatic heterocycles. The molecule has 1 aliphatic rings. The van der Waals surface area contributed by atoms with Gasteiger partial charge in [0.05, 0.1) is 19.5 Å². The number of aromatic nitrogens is 4. The molecule has 3 rings (SSSR count). The zero-order valence-corrected chi connectivity index (χ0v) is 34.4. The van der Waals surface area contributed by atoms with E-state index >= 15 is 0 Å². The predicted molar refractivity (Wildman–Crippen MR) is 199 cm³/mol. The second-order valence-electron chi connectivity index (χ2n) is 13.0. The standard InChI is InChI=1S/C29H46N7O17P3S/c1-4-5-6-7-8-9-20(38)57-13-12-31-19(37)10-11-32-27(41)24(40)29(2,3)15-50-56(47,48)53-55(45,46)49-14-18-23(52-54(42,43)44)22(39)28(51-18)36-17-35-21-25(30)33-16-34-26(21)36/h16-18,22-24,28,39-40H,4-7,10-15H2,1-3H3,(H,31,37)(H,32,41)(H,45,46)(H,47,48)(H2,30,33,34)(H2,42,43,44)/t18-,22-,23-,24?,28-/m1/s1. The highest BCUT2D eigenvalue weighted by atomic mass is 32.2. The van der Waals surface area contributed by atoms with Crippen LogP contribution >= 0.6 is 35.2 Å². The van der Waals surface area contributed by atoms with E-state index in [-0.39, 0.29) is 47.4 Å². The van der Waals surface area contributed by atoms with E-state index in [0.29, 0.717) is 6.42 Å². The topological polar surface area (TPSA) is 364 Å². The molecule has 1 saturated heterocycles. The number of hydrogen-bond acceptors (Lipinski definition) is 18. The number of nitrogens with two attached hydrogens (primary N) is 1. The minimum Gasteiger partial charge on any atom is -0.386 e.